The number of hydrogen-bond donors (Lipinski definition) is 1. The van der Waals surface area contributed by atoms with E-state index in [1.54, 1.807) is 42.3 Å². The number of ether oxygens (including phenoxy) is 1. The van der Waals surface area contributed by atoms with Crippen LogP contribution in [0, 0.1) is 5.41 Å². The van der Waals surface area contributed by atoms with Crippen molar-refractivity contribution in [3.63, 3.8) is 0 Å². The van der Waals surface area contributed by atoms with Crippen molar-refractivity contribution in [2.45, 2.75) is 42.4 Å². The second-order valence-corrected chi connectivity index (χ2v) is 9.74. The standard InChI is InChI=1S/C18H26N2O4S/c1-18(13-24-2)8-9-20(12-18)17(21)19-14-10-16(11-14)25(22,23)15-6-4-3-5-7-15/h3-7,14,16H,8-13H2,1-2H3,(H,19,21). The monoisotopic (exact) mass is 366 g/mol. The Labute approximate surface area is 149 Å². The first-order valence-corrected chi connectivity index (χ1v) is 10.2. The lowest BCUT2D eigenvalue weighted by atomic mass is 9.91. The van der Waals surface area contributed by atoms with Crippen LogP contribution in [-0.4, -0.2) is 57.4 Å². The molecule has 3 rings (SSSR count). The summed E-state index contributed by atoms with van der Waals surface area (Å²) in [5, 5.41) is 2.57. The van der Waals surface area contributed by atoms with Gasteiger partial charge in [0.15, 0.2) is 9.84 Å². The molecule has 0 radical (unpaired) electrons. The molecule has 6 nitrogen and oxygen atoms in total. The van der Waals surface area contributed by atoms with Gasteiger partial charge >= 0.3 is 6.03 Å². The summed E-state index contributed by atoms with van der Waals surface area (Å²) < 4.78 is 30.3. The summed E-state index contributed by atoms with van der Waals surface area (Å²) in [6, 6.07) is 8.36. The minimum absolute atomic E-state index is 0.00485. The van der Waals surface area contributed by atoms with Crippen LogP contribution in [0.25, 0.3) is 0 Å². The normalized spacial score (nSPS) is 29.3. The number of rotatable bonds is 5. The molecule has 0 aromatic heterocycles. The van der Waals surface area contributed by atoms with Gasteiger partial charge in [0.1, 0.15) is 0 Å². The average molecular weight is 366 g/mol. The number of carbonyl (C=O) groups is 1. The van der Waals surface area contributed by atoms with Gasteiger partial charge in [0.05, 0.1) is 16.8 Å². The lowest BCUT2D eigenvalue weighted by Crippen LogP contribution is -2.53. The van der Waals surface area contributed by atoms with E-state index in [2.05, 4.69) is 12.2 Å². The van der Waals surface area contributed by atoms with E-state index in [0.717, 1.165) is 6.42 Å². The van der Waals surface area contributed by atoms with Gasteiger partial charge in [-0.1, -0.05) is 25.1 Å². The van der Waals surface area contributed by atoms with Crippen LogP contribution >= 0.6 is 0 Å². The number of amides is 2. The fourth-order valence-electron chi connectivity index (χ4n) is 3.67. The molecular formula is C18H26N2O4S. The molecular weight excluding hydrogens is 340 g/mol. The van der Waals surface area contributed by atoms with E-state index in [9.17, 15) is 13.2 Å². The van der Waals surface area contributed by atoms with Crippen LogP contribution in [0.1, 0.15) is 26.2 Å². The Morgan fingerprint density at radius 3 is 2.64 bits per heavy atom. The van der Waals surface area contributed by atoms with Crippen molar-refractivity contribution in [2.75, 3.05) is 26.8 Å². The molecule has 1 saturated heterocycles. The van der Waals surface area contributed by atoms with Gasteiger partial charge in [-0.15, -0.1) is 0 Å². The molecule has 25 heavy (non-hydrogen) atoms. The molecule has 1 aromatic rings. The van der Waals surface area contributed by atoms with Crippen molar-refractivity contribution in [2.24, 2.45) is 5.41 Å². The summed E-state index contributed by atoms with van der Waals surface area (Å²) in [6.45, 7) is 4.14. The van der Waals surface area contributed by atoms with E-state index in [-0.39, 0.29) is 17.5 Å². The third-order valence-corrected chi connectivity index (χ3v) is 7.46. The zero-order valence-electron chi connectivity index (χ0n) is 14.8. The molecule has 2 fully saturated rings. The molecule has 0 spiro atoms. The highest BCUT2D eigenvalue weighted by atomic mass is 32.2. The first-order chi connectivity index (χ1) is 11.8. The minimum atomic E-state index is -3.30. The summed E-state index contributed by atoms with van der Waals surface area (Å²) >= 11 is 0. The smallest absolute Gasteiger partial charge is 0.317 e. The quantitative estimate of drug-likeness (QED) is 0.865. The summed E-state index contributed by atoms with van der Waals surface area (Å²) in [6.07, 6.45) is 1.88. The van der Waals surface area contributed by atoms with Crippen molar-refractivity contribution in [3.05, 3.63) is 30.3 Å². The first kappa shape index (κ1) is 18.2. The molecule has 1 aliphatic carbocycles. The number of methoxy groups -OCH3 is 1. The van der Waals surface area contributed by atoms with Gasteiger partial charge in [0.25, 0.3) is 0 Å². The molecule has 7 heteroatoms. The number of benzene rings is 1. The highest BCUT2D eigenvalue weighted by molar-refractivity contribution is 7.92. The summed E-state index contributed by atoms with van der Waals surface area (Å²) in [5.41, 5.74) is 0.00485. The Morgan fingerprint density at radius 2 is 2.00 bits per heavy atom. The van der Waals surface area contributed by atoms with E-state index < -0.39 is 15.1 Å². The van der Waals surface area contributed by atoms with Crippen molar-refractivity contribution in [3.8, 4) is 0 Å². The zero-order valence-corrected chi connectivity index (χ0v) is 15.6. The van der Waals surface area contributed by atoms with Crippen molar-refractivity contribution in [1.82, 2.24) is 10.2 Å². The SMILES string of the molecule is COCC1(C)CCN(C(=O)NC2CC(S(=O)(=O)c3ccccc3)C2)C1. The van der Waals surface area contributed by atoms with Crippen molar-refractivity contribution < 1.29 is 17.9 Å². The number of carbonyl (C=O) groups excluding carboxylic acids is 1. The van der Waals surface area contributed by atoms with Gasteiger partial charge < -0.3 is 15.0 Å². The van der Waals surface area contributed by atoms with Crippen LogP contribution in [0.4, 0.5) is 4.79 Å². The molecule has 1 atom stereocenters. The van der Waals surface area contributed by atoms with Crippen molar-refractivity contribution >= 4 is 15.9 Å². The van der Waals surface area contributed by atoms with E-state index in [1.165, 1.54) is 0 Å². The van der Waals surface area contributed by atoms with Crippen LogP contribution in [0.5, 0.6) is 0 Å². The topological polar surface area (TPSA) is 75.7 Å². The second-order valence-electron chi connectivity index (χ2n) is 7.51. The second kappa shape index (κ2) is 6.96. The summed E-state index contributed by atoms with van der Waals surface area (Å²) in [4.78, 5) is 14.6. The van der Waals surface area contributed by atoms with Crippen LogP contribution < -0.4 is 5.32 Å². The number of sulfone groups is 1. The molecule has 2 aliphatic rings. The lowest BCUT2D eigenvalue weighted by Gasteiger charge is -2.36. The molecule has 1 aromatic carbocycles. The van der Waals surface area contributed by atoms with Gasteiger partial charge in [-0.05, 0) is 31.4 Å². The first-order valence-electron chi connectivity index (χ1n) is 8.67. The Hall–Kier alpha value is -1.60. The molecule has 1 saturated carbocycles. The molecule has 1 heterocycles. The summed E-state index contributed by atoms with van der Waals surface area (Å²) in [7, 11) is -1.62. The molecule has 1 aliphatic heterocycles. The van der Waals surface area contributed by atoms with Crippen LogP contribution in [0.3, 0.4) is 0 Å². The van der Waals surface area contributed by atoms with Gasteiger partial charge in [-0.3, -0.25) is 0 Å². The maximum Gasteiger partial charge on any atom is 0.317 e. The average Bonchev–Trinajstić information content (AvgIpc) is 2.93. The molecule has 2 amide bonds. The predicted octanol–water partition coefficient (Wildman–Crippen LogP) is 2.06. The van der Waals surface area contributed by atoms with Crippen LogP contribution in [0.15, 0.2) is 35.2 Å². The Balaban J connectivity index is 1.50. The Kier molecular flexibility index (Phi) is 5.06. The lowest BCUT2D eigenvalue weighted by molar-refractivity contribution is 0.0978. The third-order valence-electron chi connectivity index (χ3n) is 5.27. The van der Waals surface area contributed by atoms with E-state index in [4.69, 9.17) is 4.74 Å². The fraction of sp³-hybridized carbons (Fsp3) is 0.611. The van der Waals surface area contributed by atoms with Gasteiger partial charge in [-0.25, -0.2) is 13.2 Å². The molecule has 138 valence electrons. The predicted molar refractivity (Wildman–Crippen MR) is 95.1 cm³/mol. The highest BCUT2D eigenvalue weighted by Gasteiger charge is 2.42. The maximum atomic E-state index is 12.5. The van der Waals surface area contributed by atoms with Crippen molar-refractivity contribution in [1.29, 1.82) is 0 Å². The third kappa shape index (κ3) is 3.82. The van der Waals surface area contributed by atoms with Gasteiger partial charge in [0.2, 0.25) is 0 Å². The maximum absolute atomic E-state index is 12.5. The number of urea groups is 1. The fourth-order valence-corrected chi connectivity index (χ4v) is 5.56. The zero-order chi connectivity index (χ0) is 18.1. The highest BCUT2D eigenvalue weighted by Crippen LogP contribution is 2.33. The van der Waals surface area contributed by atoms with Gasteiger partial charge in [0, 0.05) is 31.7 Å². The minimum Gasteiger partial charge on any atom is -0.384 e. The Bertz CT molecular complexity index is 716. The number of hydrogen-bond acceptors (Lipinski definition) is 4. The molecule has 1 N–H and O–H groups in total. The number of likely N-dealkylation sites (tertiary alicyclic amines) is 1. The largest absolute Gasteiger partial charge is 0.384 e. The number of nitrogens with one attached hydrogen (secondary N) is 1. The molecule has 1 unspecified atom stereocenters. The van der Waals surface area contributed by atoms with E-state index in [1.807, 2.05) is 0 Å². The molecule has 0 bridgehead atoms. The van der Waals surface area contributed by atoms with Crippen LogP contribution in [-0.2, 0) is 14.6 Å². The Morgan fingerprint density at radius 1 is 1.32 bits per heavy atom. The van der Waals surface area contributed by atoms with E-state index >= 15 is 0 Å². The summed E-state index contributed by atoms with van der Waals surface area (Å²) in [5.74, 6) is 0. The van der Waals surface area contributed by atoms with Gasteiger partial charge in [-0.2, -0.15) is 0 Å². The number of nitrogens with zero attached hydrogens (tertiary/aromatic N) is 1. The van der Waals surface area contributed by atoms with Crippen LogP contribution in [0.2, 0.25) is 0 Å². The van der Waals surface area contributed by atoms with E-state index in [0.29, 0.717) is 37.4 Å².